The Morgan fingerprint density at radius 2 is 1.81 bits per heavy atom. The summed E-state index contributed by atoms with van der Waals surface area (Å²) in [7, 11) is -3.81. The van der Waals surface area contributed by atoms with Gasteiger partial charge in [0, 0.05) is 6.07 Å². The number of nitrogens with zero attached hydrogens (tertiary/aromatic N) is 2. The normalized spacial score (nSPS) is 11.4. The monoisotopic (exact) mass is 367 g/mol. The molecule has 0 bridgehead atoms. The summed E-state index contributed by atoms with van der Waals surface area (Å²) < 4.78 is 26.1. The van der Waals surface area contributed by atoms with Gasteiger partial charge in [0.2, 0.25) is 15.8 Å². The maximum Gasteiger partial charge on any atom is 0.238 e. The second kappa shape index (κ2) is 6.23. The molecule has 2 rings (SSSR count). The number of benzene rings is 1. The summed E-state index contributed by atoms with van der Waals surface area (Å²) in [5, 5.41) is 17.0. The third-order valence-corrected chi connectivity index (χ3v) is 4.48. The predicted octanol–water partition coefficient (Wildman–Crippen LogP) is 3.08. The highest BCUT2D eigenvalue weighted by Crippen LogP contribution is 2.25. The van der Waals surface area contributed by atoms with Crippen LogP contribution >= 0.6 is 34.8 Å². The molecule has 0 aliphatic carbocycles. The first-order valence-electron chi connectivity index (χ1n) is 5.43. The molecule has 0 amide bonds. The van der Waals surface area contributed by atoms with Gasteiger partial charge in [0.15, 0.2) is 10.9 Å². The van der Waals surface area contributed by atoms with Crippen molar-refractivity contribution in [2.75, 3.05) is 4.72 Å². The average Bonchev–Trinajstić information content (AvgIpc) is 2.37. The fourth-order valence-corrected chi connectivity index (χ4v) is 3.06. The largest absolute Gasteiger partial charge is 0.504 e. The molecule has 6 nitrogen and oxygen atoms in total. The van der Waals surface area contributed by atoms with Crippen LogP contribution in [0.5, 0.6) is 5.75 Å². The van der Waals surface area contributed by atoms with E-state index in [0.717, 1.165) is 6.07 Å². The van der Waals surface area contributed by atoms with Crippen LogP contribution in [0, 0.1) is 0 Å². The Labute approximate surface area is 135 Å². The highest BCUT2D eigenvalue weighted by molar-refractivity contribution is 7.91. The number of anilines is 1. The molecular formula is C11H8Cl3N3O3S. The minimum absolute atomic E-state index is 0.0556. The maximum atomic E-state index is 12.0. The van der Waals surface area contributed by atoms with Crippen LogP contribution in [-0.2, 0) is 15.8 Å². The highest BCUT2D eigenvalue weighted by atomic mass is 35.5. The van der Waals surface area contributed by atoms with E-state index in [1.165, 1.54) is 18.2 Å². The van der Waals surface area contributed by atoms with Crippen LogP contribution in [0.25, 0.3) is 0 Å². The average molecular weight is 369 g/mol. The minimum atomic E-state index is -3.81. The highest BCUT2D eigenvalue weighted by Gasteiger charge is 2.16. The second-order valence-corrected chi connectivity index (χ2v) is 6.93. The first-order valence-corrected chi connectivity index (χ1v) is 8.22. The molecule has 1 heterocycles. The van der Waals surface area contributed by atoms with E-state index >= 15 is 0 Å². The molecule has 112 valence electrons. The molecule has 2 N–H and O–H groups in total. The lowest BCUT2D eigenvalue weighted by Crippen LogP contribution is -2.16. The summed E-state index contributed by atoms with van der Waals surface area (Å²) in [5.74, 6) is -1.10. The van der Waals surface area contributed by atoms with Gasteiger partial charge in [-0.05, 0) is 17.7 Å². The smallest absolute Gasteiger partial charge is 0.238 e. The summed E-state index contributed by atoms with van der Waals surface area (Å²) >= 11 is 17.1. The maximum absolute atomic E-state index is 12.0. The Morgan fingerprint density at radius 3 is 2.43 bits per heavy atom. The first kappa shape index (κ1) is 16.1. The number of sulfonamides is 1. The molecule has 0 saturated carbocycles. The van der Waals surface area contributed by atoms with Gasteiger partial charge in [0.05, 0.1) is 15.8 Å². The molecule has 1 aromatic heterocycles. The predicted molar refractivity (Wildman–Crippen MR) is 81.4 cm³/mol. The Balaban J connectivity index is 2.20. The van der Waals surface area contributed by atoms with Gasteiger partial charge in [0.1, 0.15) is 0 Å². The number of aromatic nitrogens is 2. The fourth-order valence-electron chi connectivity index (χ4n) is 1.46. The summed E-state index contributed by atoms with van der Waals surface area (Å²) in [5.41, 5.74) is 0.429. The van der Waals surface area contributed by atoms with Crippen molar-refractivity contribution < 1.29 is 13.5 Å². The topological polar surface area (TPSA) is 92.2 Å². The molecule has 0 saturated heterocycles. The number of halogens is 3. The standard InChI is InChI=1S/C11H8Cl3N3O3S/c12-7-2-1-6(3-8(7)13)5-21(19,20)17-11-9(18)4-10(14)15-16-11/h1-4H,5H2,(H,15,18)(H,16,17). The quantitative estimate of drug-likeness (QED) is 0.865. The van der Waals surface area contributed by atoms with Crippen molar-refractivity contribution in [3.05, 3.63) is 45.0 Å². The Bertz CT molecular complexity index is 784. The zero-order valence-electron chi connectivity index (χ0n) is 10.2. The van der Waals surface area contributed by atoms with Crippen molar-refractivity contribution in [3.63, 3.8) is 0 Å². The minimum Gasteiger partial charge on any atom is -0.504 e. The third kappa shape index (κ3) is 4.34. The summed E-state index contributed by atoms with van der Waals surface area (Å²) in [6.07, 6.45) is 0. The number of nitrogens with one attached hydrogen (secondary N) is 1. The van der Waals surface area contributed by atoms with E-state index in [4.69, 9.17) is 34.8 Å². The zero-order chi connectivity index (χ0) is 15.6. The van der Waals surface area contributed by atoms with Gasteiger partial charge in [0.25, 0.3) is 0 Å². The van der Waals surface area contributed by atoms with Crippen LogP contribution in [0.4, 0.5) is 5.82 Å². The van der Waals surface area contributed by atoms with Crippen molar-refractivity contribution in [3.8, 4) is 5.75 Å². The number of rotatable bonds is 4. The lowest BCUT2D eigenvalue weighted by Gasteiger charge is -2.08. The number of hydrogen-bond acceptors (Lipinski definition) is 5. The molecule has 2 aromatic rings. The van der Waals surface area contributed by atoms with Crippen LogP contribution in [-0.4, -0.2) is 23.7 Å². The van der Waals surface area contributed by atoms with Crippen LogP contribution in [0.15, 0.2) is 24.3 Å². The first-order chi connectivity index (χ1) is 9.77. The Kier molecular flexibility index (Phi) is 4.77. The number of hydrogen-bond donors (Lipinski definition) is 2. The fraction of sp³-hybridized carbons (Fsp3) is 0.0909. The molecule has 0 spiro atoms. The van der Waals surface area contributed by atoms with Gasteiger partial charge in [-0.3, -0.25) is 4.72 Å². The van der Waals surface area contributed by atoms with E-state index in [-0.39, 0.29) is 21.7 Å². The summed E-state index contributed by atoms with van der Waals surface area (Å²) in [6.45, 7) is 0. The van der Waals surface area contributed by atoms with Gasteiger partial charge in [-0.25, -0.2) is 8.42 Å². The van der Waals surface area contributed by atoms with Gasteiger partial charge in [-0.2, -0.15) is 0 Å². The van der Waals surface area contributed by atoms with E-state index in [1.54, 1.807) is 0 Å². The third-order valence-electron chi connectivity index (χ3n) is 2.34. The van der Waals surface area contributed by atoms with Crippen molar-refractivity contribution >= 4 is 50.6 Å². The molecule has 1 aromatic carbocycles. The zero-order valence-corrected chi connectivity index (χ0v) is 13.3. The van der Waals surface area contributed by atoms with Crippen LogP contribution in [0.3, 0.4) is 0 Å². The van der Waals surface area contributed by atoms with E-state index in [9.17, 15) is 13.5 Å². The van der Waals surface area contributed by atoms with E-state index in [0.29, 0.717) is 10.6 Å². The van der Waals surface area contributed by atoms with Crippen molar-refractivity contribution in [1.29, 1.82) is 0 Å². The molecular weight excluding hydrogens is 361 g/mol. The summed E-state index contributed by atoms with van der Waals surface area (Å²) in [6, 6.07) is 5.54. The van der Waals surface area contributed by atoms with Crippen LogP contribution in [0.2, 0.25) is 15.2 Å². The SMILES string of the molecule is O=S(=O)(Cc1ccc(Cl)c(Cl)c1)Nc1nnc(Cl)cc1O. The Morgan fingerprint density at radius 1 is 1.10 bits per heavy atom. The molecule has 21 heavy (non-hydrogen) atoms. The number of aromatic hydroxyl groups is 1. The lowest BCUT2D eigenvalue weighted by molar-refractivity contribution is 0.473. The Hall–Kier alpha value is -1.28. The molecule has 0 aliphatic heterocycles. The van der Waals surface area contributed by atoms with Gasteiger partial charge < -0.3 is 5.11 Å². The summed E-state index contributed by atoms with van der Waals surface area (Å²) in [4.78, 5) is 0. The second-order valence-electron chi connectivity index (χ2n) is 4.01. The van der Waals surface area contributed by atoms with Gasteiger partial charge in [-0.15, -0.1) is 10.2 Å². The van der Waals surface area contributed by atoms with Crippen molar-refractivity contribution in [2.45, 2.75) is 5.75 Å². The molecule has 10 heteroatoms. The molecule has 0 unspecified atom stereocenters. The van der Waals surface area contributed by atoms with E-state index < -0.39 is 15.8 Å². The van der Waals surface area contributed by atoms with Crippen LogP contribution in [0.1, 0.15) is 5.56 Å². The lowest BCUT2D eigenvalue weighted by atomic mass is 10.2. The van der Waals surface area contributed by atoms with E-state index in [2.05, 4.69) is 14.9 Å². The van der Waals surface area contributed by atoms with E-state index in [1.807, 2.05) is 0 Å². The molecule has 0 aliphatic rings. The van der Waals surface area contributed by atoms with Crippen molar-refractivity contribution in [2.24, 2.45) is 0 Å². The van der Waals surface area contributed by atoms with Crippen LogP contribution < -0.4 is 4.72 Å². The van der Waals surface area contributed by atoms with Crippen molar-refractivity contribution in [1.82, 2.24) is 10.2 Å². The van der Waals surface area contributed by atoms with Gasteiger partial charge >= 0.3 is 0 Å². The molecule has 0 radical (unpaired) electrons. The molecule has 0 atom stereocenters. The molecule has 0 fully saturated rings. The van der Waals surface area contributed by atoms with Gasteiger partial charge in [-0.1, -0.05) is 40.9 Å².